The average Bonchev–Trinajstić information content (AvgIpc) is 3.32. The first-order valence-corrected chi connectivity index (χ1v) is 11.7. The fourth-order valence-electron chi connectivity index (χ4n) is 3.60. The van der Waals surface area contributed by atoms with Gasteiger partial charge in [-0.1, -0.05) is 54.9 Å². The molecule has 7 nitrogen and oxygen atoms in total. The first-order chi connectivity index (χ1) is 17.6. The van der Waals surface area contributed by atoms with E-state index in [2.05, 4.69) is 40.9 Å². The van der Waals surface area contributed by atoms with Crippen LogP contribution in [0.2, 0.25) is 5.02 Å². The van der Waals surface area contributed by atoms with Gasteiger partial charge in [0.1, 0.15) is 18.1 Å². The first kappa shape index (κ1) is 26.0. The van der Waals surface area contributed by atoms with Crippen LogP contribution in [0.25, 0.3) is 5.69 Å². The average molecular weight is 530 g/mol. The van der Waals surface area contributed by atoms with E-state index in [1.165, 1.54) is 6.07 Å². The Morgan fingerprint density at radius 3 is 2.49 bits per heavy atom. The molecule has 0 atom stereocenters. The number of hydrogen-bond acceptors (Lipinski definition) is 4. The predicted octanol–water partition coefficient (Wildman–Crippen LogP) is 7.29. The van der Waals surface area contributed by atoms with Gasteiger partial charge in [0.25, 0.3) is 0 Å². The van der Waals surface area contributed by atoms with Crippen molar-refractivity contribution in [2.45, 2.75) is 32.5 Å². The lowest BCUT2D eigenvalue weighted by Crippen LogP contribution is -2.20. The third-order valence-corrected chi connectivity index (χ3v) is 5.68. The van der Waals surface area contributed by atoms with Crippen LogP contribution >= 0.6 is 11.6 Å². The van der Waals surface area contributed by atoms with E-state index in [-0.39, 0.29) is 12.3 Å². The molecular formula is C26H23ClF3N5O2. The van der Waals surface area contributed by atoms with Crippen LogP contribution < -0.4 is 15.4 Å². The van der Waals surface area contributed by atoms with Crippen molar-refractivity contribution in [3.05, 3.63) is 94.8 Å². The van der Waals surface area contributed by atoms with Crippen LogP contribution in [-0.2, 0) is 12.8 Å². The molecule has 1 heterocycles. The number of ether oxygens (including phenoxy) is 1. The summed E-state index contributed by atoms with van der Waals surface area (Å²) in [5.74, 6) is 0.778. The van der Waals surface area contributed by atoms with Crippen LogP contribution in [0.1, 0.15) is 36.6 Å². The Bertz CT molecular complexity index is 1400. The zero-order chi connectivity index (χ0) is 26.6. The second-order valence-corrected chi connectivity index (χ2v) is 8.86. The van der Waals surface area contributed by atoms with Crippen molar-refractivity contribution in [1.82, 2.24) is 15.0 Å². The smallest absolute Gasteiger partial charge is 0.417 e. The molecular weight excluding hydrogens is 507 g/mol. The summed E-state index contributed by atoms with van der Waals surface area (Å²) in [4.78, 5) is 12.3. The van der Waals surface area contributed by atoms with Crippen LogP contribution in [-0.4, -0.2) is 21.0 Å². The lowest BCUT2D eigenvalue weighted by atomic mass is 10.0. The molecule has 0 spiro atoms. The highest BCUT2D eigenvalue weighted by molar-refractivity contribution is 6.31. The number of para-hydroxylation sites is 1. The van der Waals surface area contributed by atoms with E-state index in [1.807, 2.05) is 18.2 Å². The molecule has 0 aliphatic carbocycles. The molecule has 2 N–H and O–H groups in total. The first-order valence-electron chi connectivity index (χ1n) is 11.3. The Kier molecular flexibility index (Phi) is 7.68. The van der Waals surface area contributed by atoms with Gasteiger partial charge < -0.3 is 15.4 Å². The van der Waals surface area contributed by atoms with E-state index in [0.717, 1.165) is 23.4 Å². The predicted molar refractivity (Wildman–Crippen MR) is 135 cm³/mol. The zero-order valence-electron chi connectivity index (χ0n) is 19.9. The fraction of sp³-hybridized carbons (Fsp3) is 0.192. The topological polar surface area (TPSA) is 81.1 Å². The number of carbonyl (C=O) groups is 1. The van der Waals surface area contributed by atoms with E-state index < -0.39 is 22.8 Å². The molecule has 0 bridgehead atoms. The molecule has 0 saturated heterocycles. The van der Waals surface area contributed by atoms with Gasteiger partial charge in [0.05, 0.1) is 22.5 Å². The number of nitrogens with zero attached hydrogens (tertiary/aromatic N) is 3. The van der Waals surface area contributed by atoms with Crippen molar-refractivity contribution < 1.29 is 22.7 Å². The third kappa shape index (κ3) is 6.59. The zero-order valence-corrected chi connectivity index (χ0v) is 20.6. The molecule has 2 amide bonds. The number of urea groups is 1. The Morgan fingerprint density at radius 1 is 1.03 bits per heavy atom. The number of aromatic nitrogens is 3. The van der Waals surface area contributed by atoms with E-state index in [0.29, 0.717) is 23.0 Å². The van der Waals surface area contributed by atoms with Gasteiger partial charge in [-0.15, -0.1) is 5.10 Å². The number of rotatable bonds is 7. The van der Waals surface area contributed by atoms with Gasteiger partial charge in [0, 0.05) is 17.4 Å². The van der Waals surface area contributed by atoms with Gasteiger partial charge in [-0.2, -0.15) is 13.2 Å². The second kappa shape index (κ2) is 10.9. The number of alkyl halides is 3. The second-order valence-electron chi connectivity index (χ2n) is 8.46. The molecule has 3 aromatic carbocycles. The maximum atomic E-state index is 13.1. The molecule has 0 saturated carbocycles. The number of carbonyl (C=O) groups excluding carboxylic acids is 1. The molecule has 4 aromatic rings. The number of amides is 2. The number of halogens is 4. The van der Waals surface area contributed by atoms with Crippen molar-refractivity contribution in [3.63, 3.8) is 0 Å². The number of hydrogen-bond donors (Lipinski definition) is 2. The van der Waals surface area contributed by atoms with Crippen LogP contribution in [0, 0.1) is 0 Å². The molecule has 0 radical (unpaired) electrons. The summed E-state index contributed by atoms with van der Waals surface area (Å²) in [5.41, 5.74) is 1.99. The molecule has 0 aliphatic heterocycles. The summed E-state index contributed by atoms with van der Waals surface area (Å²) < 4.78 is 46.7. The molecule has 0 fully saturated rings. The number of anilines is 2. The van der Waals surface area contributed by atoms with Gasteiger partial charge in [-0.05, 0) is 47.9 Å². The standard InChI is InChI=1S/C26H23ClF3N5O2/c1-16(2)21-8-3-4-9-24(21)35-14-19(33-34-35)15-37-20-7-5-6-17(12-20)31-25(36)32-18-10-11-23(27)22(13-18)26(28,29)30/h3-14,16H,15H2,1-2H3,(H2,31,32,36). The lowest BCUT2D eigenvalue weighted by molar-refractivity contribution is -0.137. The summed E-state index contributed by atoms with van der Waals surface area (Å²) in [6.45, 7) is 4.36. The van der Waals surface area contributed by atoms with E-state index in [9.17, 15) is 18.0 Å². The molecule has 4 rings (SSSR count). The fourth-order valence-corrected chi connectivity index (χ4v) is 3.83. The monoisotopic (exact) mass is 529 g/mol. The van der Waals surface area contributed by atoms with Gasteiger partial charge >= 0.3 is 12.2 Å². The minimum absolute atomic E-state index is 0.0521. The van der Waals surface area contributed by atoms with Crippen molar-refractivity contribution in [3.8, 4) is 11.4 Å². The maximum absolute atomic E-state index is 13.1. The number of nitrogens with one attached hydrogen (secondary N) is 2. The van der Waals surface area contributed by atoms with Crippen LogP contribution in [0.3, 0.4) is 0 Å². The minimum Gasteiger partial charge on any atom is -0.487 e. The van der Waals surface area contributed by atoms with E-state index in [4.69, 9.17) is 16.3 Å². The van der Waals surface area contributed by atoms with E-state index >= 15 is 0 Å². The van der Waals surface area contributed by atoms with Gasteiger partial charge in [-0.25, -0.2) is 9.48 Å². The summed E-state index contributed by atoms with van der Waals surface area (Å²) in [7, 11) is 0. The Balaban J connectivity index is 1.38. The Morgan fingerprint density at radius 2 is 1.76 bits per heavy atom. The largest absolute Gasteiger partial charge is 0.487 e. The molecule has 11 heteroatoms. The highest BCUT2D eigenvalue weighted by Crippen LogP contribution is 2.36. The Labute approximate surface area is 216 Å². The van der Waals surface area contributed by atoms with Gasteiger partial charge in [0.15, 0.2) is 0 Å². The minimum atomic E-state index is -4.64. The molecule has 0 aliphatic rings. The summed E-state index contributed by atoms with van der Waals surface area (Å²) >= 11 is 5.62. The van der Waals surface area contributed by atoms with Crippen LogP contribution in [0.4, 0.5) is 29.3 Å². The summed E-state index contributed by atoms with van der Waals surface area (Å²) in [6.07, 6.45) is -2.85. The normalized spacial score (nSPS) is 11.4. The van der Waals surface area contributed by atoms with Crippen molar-refractivity contribution in [2.75, 3.05) is 10.6 Å². The summed E-state index contributed by atoms with van der Waals surface area (Å²) in [5, 5.41) is 12.9. The summed E-state index contributed by atoms with van der Waals surface area (Å²) in [6, 6.07) is 16.9. The van der Waals surface area contributed by atoms with Gasteiger partial charge in [0.2, 0.25) is 0 Å². The molecule has 37 heavy (non-hydrogen) atoms. The molecule has 192 valence electrons. The molecule has 1 aromatic heterocycles. The van der Waals surface area contributed by atoms with Gasteiger partial charge in [-0.3, -0.25) is 0 Å². The quantitative estimate of drug-likeness (QED) is 0.263. The van der Waals surface area contributed by atoms with Crippen molar-refractivity contribution >= 4 is 29.0 Å². The molecule has 0 unspecified atom stereocenters. The maximum Gasteiger partial charge on any atom is 0.417 e. The van der Waals surface area contributed by atoms with Crippen molar-refractivity contribution in [1.29, 1.82) is 0 Å². The Hall–Kier alpha value is -4.05. The lowest BCUT2D eigenvalue weighted by Gasteiger charge is -2.13. The number of benzene rings is 3. The highest BCUT2D eigenvalue weighted by atomic mass is 35.5. The van der Waals surface area contributed by atoms with E-state index in [1.54, 1.807) is 35.1 Å². The van der Waals surface area contributed by atoms with Crippen LogP contribution in [0.5, 0.6) is 5.75 Å². The SMILES string of the molecule is CC(C)c1ccccc1-n1cc(COc2cccc(NC(=O)Nc3ccc(Cl)c(C(F)(F)F)c3)c2)nn1. The highest BCUT2D eigenvalue weighted by Gasteiger charge is 2.33. The van der Waals surface area contributed by atoms with Crippen molar-refractivity contribution in [2.24, 2.45) is 0 Å². The third-order valence-electron chi connectivity index (χ3n) is 5.35. The van der Waals surface area contributed by atoms with Crippen LogP contribution in [0.15, 0.2) is 72.9 Å².